The van der Waals surface area contributed by atoms with E-state index in [0.717, 1.165) is 23.7 Å². The minimum absolute atomic E-state index is 0.0461. The second-order valence-electron chi connectivity index (χ2n) is 10.2. The molecule has 1 aromatic rings. The summed E-state index contributed by atoms with van der Waals surface area (Å²) in [5.74, 6) is 1.26. The summed E-state index contributed by atoms with van der Waals surface area (Å²) in [5, 5.41) is 6.77. The lowest BCUT2D eigenvalue weighted by Gasteiger charge is -2.45. The molecule has 1 aromatic heterocycles. The molecule has 6 heteroatoms. The van der Waals surface area contributed by atoms with E-state index < -0.39 is 5.41 Å². The van der Waals surface area contributed by atoms with Crippen molar-refractivity contribution in [3.8, 4) is 0 Å². The van der Waals surface area contributed by atoms with Crippen molar-refractivity contribution in [3.63, 3.8) is 0 Å². The molecule has 2 heterocycles. The summed E-state index contributed by atoms with van der Waals surface area (Å²) < 4.78 is 0. The molecule has 1 fully saturated rings. The van der Waals surface area contributed by atoms with Crippen LogP contribution in [0.5, 0.6) is 0 Å². The number of amides is 2. The normalized spacial score (nSPS) is 21.4. The zero-order valence-electron chi connectivity index (χ0n) is 18.7. The average Bonchev–Trinajstić information content (AvgIpc) is 2.91. The van der Waals surface area contributed by atoms with Crippen LogP contribution >= 0.6 is 11.3 Å². The summed E-state index contributed by atoms with van der Waals surface area (Å²) in [6.07, 6.45) is 1.27. The second kappa shape index (κ2) is 8.54. The minimum atomic E-state index is -0.465. The minimum Gasteiger partial charge on any atom is -0.349 e. The third kappa shape index (κ3) is 5.80. The van der Waals surface area contributed by atoms with Gasteiger partial charge in [0.1, 0.15) is 0 Å². The maximum Gasteiger partial charge on any atom is 0.261 e. The molecule has 2 N–H and O–H groups in total. The summed E-state index contributed by atoms with van der Waals surface area (Å²) >= 11 is 1.34. The number of likely N-dealkylation sites (tertiary alicyclic amines) is 1. The molecule has 1 aliphatic heterocycles. The summed E-state index contributed by atoms with van der Waals surface area (Å²) in [6.45, 7) is 19.3. The van der Waals surface area contributed by atoms with E-state index in [1.54, 1.807) is 0 Å². The number of nitrogens with one attached hydrogen (secondary N) is 2. The van der Waals surface area contributed by atoms with Crippen molar-refractivity contribution in [3.05, 3.63) is 16.5 Å². The van der Waals surface area contributed by atoms with E-state index in [9.17, 15) is 9.59 Å². The van der Waals surface area contributed by atoms with Crippen LogP contribution < -0.4 is 10.6 Å². The first-order chi connectivity index (χ1) is 12.8. The first-order valence-electron chi connectivity index (χ1n) is 10.2. The van der Waals surface area contributed by atoms with E-state index in [1.165, 1.54) is 17.8 Å². The van der Waals surface area contributed by atoms with Gasteiger partial charge in [0, 0.05) is 30.6 Å². The Bertz CT molecular complexity index is 708. The molecule has 2 atom stereocenters. The topological polar surface area (TPSA) is 61.4 Å². The Kier molecular flexibility index (Phi) is 6.98. The van der Waals surface area contributed by atoms with Crippen molar-refractivity contribution < 1.29 is 9.59 Å². The van der Waals surface area contributed by atoms with Gasteiger partial charge >= 0.3 is 0 Å². The number of carbonyl (C=O) groups excluding carboxylic acids is 2. The molecule has 28 heavy (non-hydrogen) atoms. The van der Waals surface area contributed by atoms with Crippen molar-refractivity contribution in [2.24, 2.45) is 17.3 Å². The van der Waals surface area contributed by atoms with Crippen LogP contribution in [-0.2, 0) is 4.79 Å². The molecule has 1 aliphatic rings. The van der Waals surface area contributed by atoms with Gasteiger partial charge in [-0.1, -0.05) is 34.6 Å². The van der Waals surface area contributed by atoms with Gasteiger partial charge in [-0.25, -0.2) is 0 Å². The highest BCUT2D eigenvalue weighted by Gasteiger charge is 2.33. The van der Waals surface area contributed by atoms with E-state index in [4.69, 9.17) is 0 Å². The van der Waals surface area contributed by atoms with E-state index in [0.29, 0.717) is 23.3 Å². The predicted octanol–water partition coefficient (Wildman–Crippen LogP) is 4.53. The fraction of sp³-hybridized carbons (Fsp3) is 0.727. The zero-order valence-corrected chi connectivity index (χ0v) is 19.5. The summed E-state index contributed by atoms with van der Waals surface area (Å²) in [5.41, 5.74) is 0.338. The second-order valence-corrected chi connectivity index (χ2v) is 11.2. The number of hydrogen-bond acceptors (Lipinski definition) is 4. The van der Waals surface area contributed by atoms with E-state index >= 15 is 0 Å². The standard InChI is InChI=1S/C22H37N3O2S/c1-14-9-15(2)12-25(11-14)22(7,8)13-23-19(26)18-16(3)10-17(28-18)24-20(27)21(4,5)6/h10,14-15H,9,11-13H2,1-8H3,(H,23,26)(H,24,27). The molecule has 1 saturated heterocycles. The lowest BCUT2D eigenvalue weighted by atomic mass is 9.88. The van der Waals surface area contributed by atoms with Gasteiger partial charge in [-0.05, 0) is 50.7 Å². The number of piperidine rings is 1. The summed E-state index contributed by atoms with van der Waals surface area (Å²) in [4.78, 5) is 28.2. The molecule has 0 aromatic carbocycles. The van der Waals surface area contributed by atoms with Gasteiger partial charge in [0.15, 0.2) is 0 Å². The van der Waals surface area contributed by atoms with Gasteiger partial charge in [-0.15, -0.1) is 11.3 Å². The molecular weight excluding hydrogens is 370 g/mol. The number of anilines is 1. The fourth-order valence-corrected chi connectivity index (χ4v) is 4.70. The van der Waals surface area contributed by atoms with E-state index in [1.807, 2.05) is 33.8 Å². The highest BCUT2D eigenvalue weighted by atomic mass is 32.1. The quantitative estimate of drug-likeness (QED) is 0.754. The molecule has 158 valence electrons. The summed E-state index contributed by atoms with van der Waals surface area (Å²) in [6, 6.07) is 1.88. The van der Waals surface area contributed by atoms with Crippen LogP contribution in [-0.4, -0.2) is 41.9 Å². The number of hydrogen-bond donors (Lipinski definition) is 2. The van der Waals surface area contributed by atoms with Crippen LogP contribution in [0.2, 0.25) is 0 Å². The molecule has 0 spiro atoms. The molecule has 2 unspecified atom stereocenters. The Morgan fingerprint density at radius 1 is 1.14 bits per heavy atom. The van der Waals surface area contributed by atoms with Crippen LogP contribution in [0.4, 0.5) is 5.00 Å². The number of thiophene rings is 1. The van der Waals surface area contributed by atoms with E-state index in [2.05, 4.69) is 43.2 Å². The van der Waals surface area contributed by atoms with Gasteiger partial charge in [-0.2, -0.15) is 0 Å². The molecule has 0 saturated carbocycles. The van der Waals surface area contributed by atoms with Crippen LogP contribution in [0.25, 0.3) is 0 Å². The number of aryl methyl sites for hydroxylation is 1. The Balaban J connectivity index is 2.00. The lowest BCUT2D eigenvalue weighted by Crippen LogP contribution is -2.56. The van der Waals surface area contributed by atoms with Crippen LogP contribution in [0.3, 0.4) is 0 Å². The third-order valence-electron chi connectivity index (χ3n) is 5.45. The Morgan fingerprint density at radius 3 is 2.25 bits per heavy atom. The fourth-order valence-electron chi connectivity index (χ4n) is 3.71. The average molecular weight is 408 g/mol. The Morgan fingerprint density at radius 2 is 1.71 bits per heavy atom. The first-order valence-corrected chi connectivity index (χ1v) is 11.1. The van der Waals surface area contributed by atoms with Crippen molar-refractivity contribution in [1.29, 1.82) is 0 Å². The van der Waals surface area contributed by atoms with Gasteiger partial charge in [0.05, 0.1) is 9.88 Å². The molecule has 2 amide bonds. The van der Waals surface area contributed by atoms with Gasteiger partial charge in [-0.3, -0.25) is 14.5 Å². The number of carbonyl (C=O) groups is 2. The number of rotatable bonds is 5. The monoisotopic (exact) mass is 407 g/mol. The number of nitrogens with zero attached hydrogens (tertiary/aromatic N) is 1. The largest absolute Gasteiger partial charge is 0.349 e. The van der Waals surface area contributed by atoms with Crippen molar-refractivity contribution >= 4 is 28.2 Å². The summed E-state index contributed by atoms with van der Waals surface area (Å²) in [7, 11) is 0. The Labute approximate surface area is 174 Å². The van der Waals surface area contributed by atoms with Crippen molar-refractivity contribution in [2.75, 3.05) is 25.0 Å². The first kappa shape index (κ1) is 22.9. The van der Waals surface area contributed by atoms with Crippen molar-refractivity contribution in [2.45, 2.75) is 67.3 Å². The molecule has 2 rings (SSSR count). The molecular formula is C22H37N3O2S. The predicted molar refractivity (Wildman–Crippen MR) is 118 cm³/mol. The molecule has 0 bridgehead atoms. The maximum atomic E-state index is 12.8. The smallest absolute Gasteiger partial charge is 0.261 e. The Hall–Kier alpha value is -1.40. The molecule has 0 radical (unpaired) electrons. The molecule has 0 aliphatic carbocycles. The van der Waals surface area contributed by atoms with Gasteiger partial charge < -0.3 is 10.6 Å². The maximum absolute atomic E-state index is 12.8. The van der Waals surface area contributed by atoms with Crippen LogP contribution in [0.15, 0.2) is 6.07 Å². The lowest BCUT2D eigenvalue weighted by molar-refractivity contribution is -0.123. The van der Waals surface area contributed by atoms with Gasteiger partial charge in [0.2, 0.25) is 5.91 Å². The van der Waals surface area contributed by atoms with Crippen LogP contribution in [0, 0.1) is 24.2 Å². The van der Waals surface area contributed by atoms with E-state index in [-0.39, 0.29) is 17.4 Å². The van der Waals surface area contributed by atoms with Gasteiger partial charge in [0.25, 0.3) is 5.91 Å². The highest BCUT2D eigenvalue weighted by molar-refractivity contribution is 7.18. The van der Waals surface area contributed by atoms with Crippen LogP contribution in [0.1, 0.15) is 70.1 Å². The highest BCUT2D eigenvalue weighted by Crippen LogP contribution is 2.29. The third-order valence-corrected chi connectivity index (χ3v) is 6.60. The van der Waals surface area contributed by atoms with Crippen molar-refractivity contribution in [1.82, 2.24) is 10.2 Å². The molecule has 5 nitrogen and oxygen atoms in total. The zero-order chi connectivity index (χ0) is 21.3. The SMILES string of the molecule is Cc1cc(NC(=O)C(C)(C)C)sc1C(=O)NCC(C)(C)N1CC(C)CC(C)C1.